The van der Waals surface area contributed by atoms with E-state index in [1.165, 1.54) is 0 Å². The van der Waals surface area contributed by atoms with Crippen molar-refractivity contribution in [3.63, 3.8) is 0 Å². The van der Waals surface area contributed by atoms with Crippen molar-refractivity contribution in [3.8, 4) is 0 Å². The Labute approximate surface area is 99.8 Å². The number of primary sulfonamides is 1. The van der Waals surface area contributed by atoms with Crippen molar-refractivity contribution >= 4 is 15.9 Å². The first kappa shape index (κ1) is 12.1. The van der Waals surface area contributed by atoms with Crippen molar-refractivity contribution in [2.24, 2.45) is 11.1 Å². The first-order chi connectivity index (χ1) is 7.94. The van der Waals surface area contributed by atoms with Crippen LogP contribution < -0.4 is 5.14 Å². The fourth-order valence-electron chi connectivity index (χ4n) is 2.12. The number of hydrogen-bond donors (Lipinski definition) is 2. The number of carbonyl (C=O) groups is 1. The molecule has 7 heteroatoms. The van der Waals surface area contributed by atoms with Gasteiger partial charge in [0.1, 0.15) is 0 Å². The lowest BCUT2D eigenvalue weighted by atomic mass is 10.1. The van der Waals surface area contributed by atoms with Gasteiger partial charge in [0, 0.05) is 37.8 Å². The average Bonchev–Trinajstić information content (AvgIpc) is 2.75. The number of amides is 1. The molecule has 0 bridgehead atoms. The topological polar surface area (TPSA) is 96.3 Å². The van der Waals surface area contributed by atoms with Crippen LogP contribution in [0.3, 0.4) is 0 Å². The highest BCUT2D eigenvalue weighted by Gasteiger charge is 2.31. The van der Waals surface area contributed by atoms with Gasteiger partial charge in [-0.2, -0.15) is 0 Å². The smallest absolute Gasteiger partial charge is 0.223 e. The fraction of sp³-hybridized carbons (Fsp3) is 0.500. The predicted molar refractivity (Wildman–Crippen MR) is 62.3 cm³/mol. The molecule has 3 N–H and O–H groups in total. The molecule has 17 heavy (non-hydrogen) atoms. The number of H-pyrrole nitrogens is 1. The van der Waals surface area contributed by atoms with E-state index in [9.17, 15) is 13.2 Å². The van der Waals surface area contributed by atoms with Crippen molar-refractivity contribution in [1.29, 1.82) is 0 Å². The predicted octanol–water partition coefficient (Wildman–Crippen LogP) is -0.348. The lowest BCUT2D eigenvalue weighted by molar-refractivity contribution is -0.128. The normalized spacial score (nSPS) is 21.1. The van der Waals surface area contributed by atoms with Crippen molar-refractivity contribution in [2.75, 3.05) is 12.3 Å². The lowest BCUT2D eigenvalue weighted by Crippen LogP contribution is -2.27. The fourth-order valence-corrected chi connectivity index (χ4v) is 3.00. The standard InChI is InChI=1S/C10H15N3O3S/c11-17(15,16)7-9-3-10(14)13(6-9)5-8-1-2-12-4-8/h1-2,4,9,12H,3,5-7H2,(H2,11,15,16). The number of rotatable bonds is 4. The van der Waals surface area contributed by atoms with Gasteiger partial charge >= 0.3 is 0 Å². The van der Waals surface area contributed by atoms with Crippen molar-refractivity contribution in [2.45, 2.75) is 13.0 Å². The number of nitrogens with two attached hydrogens (primary N) is 1. The maximum absolute atomic E-state index is 11.7. The Kier molecular flexibility index (Phi) is 3.21. The van der Waals surface area contributed by atoms with Crippen LogP contribution in [0.2, 0.25) is 0 Å². The lowest BCUT2D eigenvalue weighted by Gasteiger charge is -2.15. The van der Waals surface area contributed by atoms with Gasteiger partial charge in [0.2, 0.25) is 15.9 Å². The number of nitrogens with zero attached hydrogens (tertiary/aromatic N) is 1. The quantitative estimate of drug-likeness (QED) is 0.771. The van der Waals surface area contributed by atoms with Gasteiger partial charge < -0.3 is 9.88 Å². The van der Waals surface area contributed by atoms with Gasteiger partial charge in [-0.1, -0.05) is 0 Å². The molecule has 0 aromatic carbocycles. The molecule has 2 rings (SSSR count). The Balaban J connectivity index is 1.96. The van der Waals surface area contributed by atoms with Crippen LogP contribution in [0.5, 0.6) is 0 Å². The van der Waals surface area contributed by atoms with Crippen LogP contribution in [0.15, 0.2) is 18.5 Å². The Hall–Kier alpha value is -1.34. The number of hydrogen-bond acceptors (Lipinski definition) is 3. The van der Waals surface area contributed by atoms with E-state index in [0.717, 1.165) is 5.56 Å². The van der Waals surface area contributed by atoms with Crippen LogP contribution in [0, 0.1) is 5.92 Å². The summed E-state index contributed by atoms with van der Waals surface area (Å²) in [4.78, 5) is 16.3. The zero-order chi connectivity index (χ0) is 12.5. The second-order valence-corrected chi connectivity index (χ2v) is 6.05. The Morgan fingerprint density at radius 2 is 2.29 bits per heavy atom. The van der Waals surface area contributed by atoms with E-state index in [1.807, 2.05) is 12.3 Å². The molecule has 1 atom stereocenters. The molecule has 2 heterocycles. The van der Waals surface area contributed by atoms with E-state index in [4.69, 9.17) is 5.14 Å². The van der Waals surface area contributed by atoms with Crippen LogP contribution >= 0.6 is 0 Å². The minimum Gasteiger partial charge on any atom is -0.367 e. The molecule has 0 radical (unpaired) electrons. The molecule has 1 saturated heterocycles. The summed E-state index contributed by atoms with van der Waals surface area (Å²) in [7, 11) is -3.50. The first-order valence-electron chi connectivity index (χ1n) is 5.34. The number of nitrogens with one attached hydrogen (secondary N) is 1. The summed E-state index contributed by atoms with van der Waals surface area (Å²) in [6, 6.07) is 1.89. The zero-order valence-electron chi connectivity index (χ0n) is 9.30. The molecule has 1 aromatic rings. The van der Waals surface area contributed by atoms with Gasteiger partial charge in [-0.15, -0.1) is 0 Å². The van der Waals surface area contributed by atoms with Crippen LogP contribution in [-0.2, 0) is 21.4 Å². The number of aromatic nitrogens is 1. The van der Waals surface area contributed by atoms with Crippen molar-refractivity contribution in [1.82, 2.24) is 9.88 Å². The highest BCUT2D eigenvalue weighted by molar-refractivity contribution is 7.89. The molecule has 0 spiro atoms. The molecule has 6 nitrogen and oxygen atoms in total. The molecule has 1 unspecified atom stereocenters. The summed E-state index contributed by atoms with van der Waals surface area (Å²) in [6.07, 6.45) is 3.87. The minimum absolute atomic E-state index is 0.0140. The van der Waals surface area contributed by atoms with Crippen LogP contribution in [0.4, 0.5) is 0 Å². The highest BCUT2D eigenvalue weighted by atomic mass is 32.2. The third kappa shape index (κ3) is 3.31. The summed E-state index contributed by atoms with van der Waals surface area (Å²) < 4.78 is 21.9. The molecule has 1 aromatic heterocycles. The molecule has 1 aliphatic heterocycles. The van der Waals surface area contributed by atoms with E-state index in [-0.39, 0.29) is 24.0 Å². The zero-order valence-corrected chi connectivity index (χ0v) is 10.1. The summed E-state index contributed by atoms with van der Waals surface area (Å²) in [6.45, 7) is 0.976. The van der Waals surface area contributed by atoms with Gasteiger partial charge in [-0.3, -0.25) is 4.79 Å². The van der Waals surface area contributed by atoms with Gasteiger partial charge in [-0.25, -0.2) is 13.6 Å². The second kappa shape index (κ2) is 4.50. The second-order valence-electron chi connectivity index (χ2n) is 4.39. The van der Waals surface area contributed by atoms with Gasteiger partial charge in [0.15, 0.2) is 0 Å². The SMILES string of the molecule is NS(=O)(=O)CC1CC(=O)N(Cc2cc[nH]c2)C1. The van der Waals surface area contributed by atoms with E-state index < -0.39 is 10.0 Å². The summed E-state index contributed by atoms with van der Waals surface area (Å²) in [5.74, 6) is -0.321. The van der Waals surface area contributed by atoms with E-state index in [2.05, 4.69) is 4.98 Å². The van der Waals surface area contributed by atoms with E-state index in [0.29, 0.717) is 13.1 Å². The molecule has 1 amide bonds. The summed E-state index contributed by atoms with van der Waals surface area (Å²) in [5, 5.41) is 4.98. The molecule has 1 aliphatic rings. The van der Waals surface area contributed by atoms with Gasteiger partial charge in [-0.05, 0) is 11.6 Å². The van der Waals surface area contributed by atoms with Gasteiger partial charge in [0.05, 0.1) is 5.75 Å². The summed E-state index contributed by atoms with van der Waals surface area (Å²) >= 11 is 0. The van der Waals surface area contributed by atoms with E-state index >= 15 is 0 Å². The maximum Gasteiger partial charge on any atom is 0.223 e. The number of aromatic amines is 1. The molecule has 0 saturated carbocycles. The Bertz CT molecular complexity index is 495. The number of carbonyl (C=O) groups excluding carboxylic acids is 1. The molecule has 94 valence electrons. The molecular formula is C10H15N3O3S. The molecule has 0 aliphatic carbocycles. The van der Waals surface area contributed by atoms with Crippen LogP contribution in [-0.4, -0.2) is 36.5 Å². The third-order valence-electron chi connectivity index (χ3n) is 2.80. The Morgan fingerprint density at radius 3 is 2.88 bits per heavy atom. The monoisotopic (exact) mass is 257 g/mol. The maximum atomic E-state index is 11.7. The minimum atomic E-state index is -3.50. The van der Waals surface area contributed by atoms with Crippen LogP contribution in [0.25, 0.3) is 0 Å². The average molecular weight is 257 g/mol. The van der Waals surface area contributed by atoms with Gasteiger partial charge in [0.25, 0.3) is 0 Å². The van der Waals surface area contributed by atoms with E-state index in [1.54, 1.807) is 11.1 Å². The Morgan fingerprint density at radius 1 is 1.53 bits per heavy atom. The third-order valence-corrected chi connectivity index (χ3v) is 3.73. The number of sulfonamides is 1. The number of likely N-dealkylation sites (tertiary alicyclic amines) is 1. The molecular weight excluding hydrogens is 242 g/mol. The first-order valence-corrected chi connectivity index (χ1v) is 7.05. The molecule has 1 fully saturated rings. The van der Waals surface area contributed by atoms with Crippen molar-refractivity contribution in [3.05, 3.63) is 24.0 Å². The largest absolute Gasteiger partial charge is 0.367 e. The van der Waals surface area contributed by atoms with Crippen molar-refractivity contribution < 1.29 is 13.2 Å². The highest BCUT2D eigenvalue weighted by Crippen LogP contribution is 2.20. The summed E-state index contributed by atoms with van der Waals surface area (Å²) in [5.41, 5.74) is 1.01. The van der Waals surface area contributed by atoms with Crippen LogP contribution in [0.1, 0.15) is 12.0 Å².